The fraction of sp³-hybridized carbons (Fsp3) is 0.529. The molecule has 1 N–H and O–H groups in total. The molecule has 1 fully saturated rings. The standard InChI is InChI=1S/C17H22Cl2N2O2/c1-3-10-21(11-4-2)16(23)17(8-9-17)15(22)20-13-7-5-6-12(18)14(13)19/h5-7H,3-4,8-11H2,1-2H3,(H,20,22). The third-order valence-corrected chi connectivity index (χ3v) is 4.89. The molecule has 0 saturated heterocycles. The quantitative estimate of drug-likeness (QED) is 0.737. The largest absolute Gasteiger partial charge is 0.342 e. The van der Waals surface area contributed by atoms with Crippen LogP contribution in [0.2, 0.25) is 10.0 Å². The van der Waals surface area contributed by atoms with Gasteiger partial charge in [-0.15, -0.1) is 0 Å². The lowest BCUT2D eigenvalue weighted by Gasteiger charge is -2.26. The zero-order chi connectivity index (χ0) is 17.0. The summed E-state index contributed by atoms with van der Waals surface area (Å²) in [7, 11) is 0. The number of hydrogen-bond acceptors (Lipinski definition) is 2. The van der Waals surface area contributed by atoms with Crippen LogP contribution in [0.3, 0.4) is 0 Å². The number of halogens is 2. The summed E-state index contributed by atoms with van der Waals surface area (Å²) in [5, 5.41) is 3.44. The maximum atomic E-state index is 12.8. The topological polar surface area (TPSA) is 49.4 Å². The molecular weight excluding hydrogens is 335 g/mol. The van der Waals surface area contributed by atoms with Crippen LogP contribution in [0.25, 0.3) is 0 Å². The van der Waals surface area contributed by atoms with Gasteiger partial charge >= 0.3 is 0 Å². The van der Waals surface area contributed by atoms with Gasteiger partial charge in [-0.05, 0) is 37.8 Å². The second-order valence-electron chi connectivity index (χ2n) is 5.93. The minimum Gasteiger partial charge on any atom is -0.342 e. The van der Waals surface area contributed by atoms with Gasteiger partial charge in [0.1, 0.15) is 5.41 Å². The summed E-state index contributed by atoms with van der Waals surface area (Å²) in [5.41, 5.74) is -0.489. The molecule has 4 nitrogen and oxygen atoms in total. The van der Waals surface area contributed by atoms with Crippen LogP contribution in [0, 0.1) is 5.41 Å². The Hall–Kier alpha value is -1.26. The van der Waals surface area contributed by atoms with Gasteiger partial charge < -0.3 is 10.2 Å². The molecule has 0 bridgehead atoms. The van der Waals surface area contributed by atoms with Crippen molar-refractivity contribution in [2.24, 2.45) is 5.41 Å². The van der Waals surface area contributed by atoms with Crippen molar-refractivity contribution in [2.45, 2.75) is 39.5 Å². The van der Waals surface area contributed by atoms with Crippen molar-refractivity contribution in [1.29, 1.82) is 0 Å². The highest BCUT2D eigenvalue weighted by Crippen LogP contribution is 2.48. The van der Waals surface area contributed by atoms with Crippen molar-refractivity contribution >= 4 is 40.7 Å². The number of hydrogen-bond donors (Lipinski definition) is 1. The molecule has 0 spiro atoms. The molecule has 2 rings (SSSR count). The van der Waals surface area contributed by atoms with E-state index in [9.17, 15) is 9.59 Å². The summed E-state index contributed by atoms with van der Waals surface area (Å²) >= 11 is 12.1. The molecule has 0 atom stereocenters. The van der Waals surface area contributed by atoms with E-state index in [0.29, 0.717) is 41.7 Å². The van der Waals surface area contributed by atoms with Crippen LogP contribution in [0.15, 0.2) is 18.2 Å². The lowest BCUT2D eigenvalue weighted by molar-refractivity contribution is -0.142. The first-order valence-electron chi connectivity index (χ1n) is 8.01. The SMILES string of the molecule is CCCN(CCC)C(=O)C1(C(=O)Nc2cccc(Cl)c2Cl)CC1. The Balaban J connectivity index is 2.14. The first-order chi connectivity index (χ1) is 11.0. The molecule has 0 unspecified atom stereocenters. The first kappa shape index (κ1) is 18.1. The van der Waals surface area contributed by atoms with Crippen molar-refractivity contribution in [3.05, 3.63) is 28.2 Å². The summed E-state index contributed by atoms with van der Waals surface area (Å²) in [6.07, 6.45) is 2.92. The fourth-order valence-corrected chi connectivity index (χ4v) is 3.01. The van der Waals surface area contributed by atoms with E-state index in [4.69, 9.17) is 23.2 Å². The lowest BCUT2D eigenvalue weighted by atomic mass is 10.0. The second-order valence-corrected chi connectivity index (χ2v) is 6.71. The van der Waals surface area contributed by atoms with Gasteiger partial charge in [0.15, 0.2) is 0 Å². The van der Waals surface area contributed by atoms with E-state index in [1.165, 1.54) is 0 Å². The second kappa shape index (κ2) is 7.54. The highest BCUT2D eigenvalue weighted by Gasteiger charge is 2.57. The van der Waals surface area contributed by atoms with Gasteiger partial charge in [-0.2, -0.15) is 0 Å². The zero-order valence-corrected chi connectivity index (χ0v) is 15.0. The van der Waals surface area contributed by atoms with Crippen molar-refractivity contribution < 1.29 is 9.59 Å². The third kappa shape index (κ3) is 3.81. The van der Waals surface area contributed by atoms with E-state index in [1.807, 2.05) is 13.8 Å². The van der Waals surface area contributed by atoms with Crippen LogP contribution >= 0.6 is 23.2 Å². The Morgan fingerprint density at radius 1 is 1.17 bits per heavy atom. The summed E-state index contributed by atoms with van der Waals surface area (Å²) < 4.78 is 0. The summed E-state index contributed by atoms with van der Waals surface area (Å²) in [6.45, 7) is 5.42. The normalized spacial score (nSPS) is 15.1. The number of anilines is 1. The van der Waals surface area contributed by atoms with Gasteiger partial charge in [0.05, 0.1) is 15.7 Å². The molecular formula is C17H22Cl2N2O2. The molecule has 1 aliphatic carbocycles. The molecule has 6 heteroatoms. The lowest BCUT2D eigenvalue weighted by Crippen LogP contribution is -2.43. The molecule has 23 heavy (non-hydrogen) atoms. The van der Waals surface area contributed by atoms with Gasteiger partial charge in [-0.1, -0.05) is 43.1 Å². The molecule has 1 saturated carbocycles. The molecule has 0 aromatic heterocycles. The molecule has 2 amide bonds. The summed E-state index contributed by atoms with van der Waals surface area (Å²) in [6, 6.07) is 5.05. The predicted octanol–water partition coefficient (Wildman–Crippen LogP) is 4.36. The Kier molecular flexibility index (Phi) is 5.93. The number of rotatable bonds is 7. The summed E-state index contributed by atoms with van der Waals surface area (Å²) in [4.78, 5) is 27.2. The monoisotopic (exact) mass is 356 g/mol. The predicted molar refractivity (Wildman–Crippen MR) is 93.9 cm³/mol. The van der Waals surface area contributed by atoms with E-state index in [0.717, 1.165) is 12.8 Å². The molecule has 0 heterocycles. The first-order valence-corrected chi connectivity index (χ1v) is 8.76. The number of benzene rings is 1. The van der Waals surface area contributed by atoms with Crippen LogP contribution in [-0.4, -0.2) is 29.8 Å². The number of amides is 2. The number of carbonyl (C=O) groups excluding carboxylic acids is 2. The van der Waals surface area contributed by atoms with Crippen molar-refractivity contribution in [3.63, 3.8) is 0 Å². The van der Waals surface area contributed by atoms with E-state index < -0.39 is 5.41 Å². The average Bonchev–Trinajstić information content (AvgIpc) is 3.33. The number of carbonyl (C=O) groups is 2. The van der Waals surface area contributed by atoms with Crippen LogP contribution in [-0.2, 0) is 9.59 Å². The maximum absolute atomic E-state index is 12.8. The Morgan fingerprint density at radius 3 is 2.30 bits per heavy atom. The minimum atomic E-state index is -0.935. The number of nitrogens with one attached hydrogen (secondary N) is 1. The van der Waals surface area contributed by atoms with Crippen LogP contribution in [0.1, 0.15) is 39.5 Å². The average molecular weight is 357 g/mol. The van der Waals surface area contributed by atoms with E-state index in [2.05, 4.69) is 5.32 Å². The van der Waals surface area contributed by atoms with Gasteiger partial charge in [-0.25, -0.2) is 0 Å². The van der Waals surface area contributed by atoms with E-state index in [-0.39, 0.29) is 11.8 Å². The van der Waals surface area contributed by atoms with Gasteiger partial charge in [-0.3, -0.25) is 9.59 Å². The van der Waals surface area contributed by atoms with Gasteiger partial charge in [0, 0.05) is 13.1 Å². The van der Waals surface area contributed by atoms with Crippen molar-refractivity contribution in [2.75, 3.05) is 18.4 Å². The number of nitrogens with zero attached hydrogens (tertiary/aromatic N) is 1. The molecule has 0 radical (unpaired) electrons. The molecule has 1 aromatic carbocycles. The van der Waals surface area contributed by atoms with E-state index in [1.54, 1.807) is 23.1 Å². The summed E-state index contributed by atoms with van der Waals surface area (Å²) in [5.74, 6) is -0.360. The Labute approximate surface area is 147 Å². The van der Waals surface area contributed by atoms with Gasteiger partial charge in [0.25, 0.3) is 0 Å². The van der Waals surface area contributed by atoms with E-state index >= 15 is 0 Å². The molecule has 126 valence electrons. The zero-order valence-electron chi connectivity index (χ0n) is 13.5. The fourth-order valence-electron chi connectivity index (χ4n) is 2.66. The Morgan fingerprint density at radius 2 is 1.78 bits per heavy atom. The Bertz CT molecular complexity index is 594. The van der Waals surface area contributed by atoms with Gasteiger partial charge in [0.2, 0.25) is 11.8 Å². The highest BCUT2D eigenvalue weighted by molar-refractivity contribution is 6.44. The third-order valence-electron chi connectivity index (χ3n) is 4.07. The van der Waals surface area contributed by atoms with Crippen molar-refractivity contribution in [1.82, 2.24) is 4.90 Å². The van der Waals surface area contributed by atoms with Crippen LogP contribution in [0.4, 0.5) is 5.69 Å². The maximum Gasteiger partial charge on any atom is 0.240 e. The van der Waals surface area contributed by atoms with Crippen LogP contribution < -0.4 is 5.32 Å². The highest BCUT2D eigenvalue weighted by atomic mass is 35.5. The molecule has 1 aromatic rings. The van der Waals surface area contributed by atoms with Crippen LogP contribution in [0.5, 0.6) is 0 Å². The molecule has 0 aliphatic heterocycles. The van der Waals surface area contributed by atoms with Crippen molar-refractivity contribution in [3.8, 4) is 0 Å². The minimum absolute atomic E-state index is 0.0724. The smallest absolute Gasteiger partial charge is 0.240 e. The molecule has 1 aliphatic rings.